The highest BCUT2D eigenvalue weighted by Gasteiger charge is 2.13. The first kappa shape index (κ1) is 14.4. The molecule has 0 saturated heterocycles. The largest absolute Gasteiger partial charge is 0.449 e. The van der Waals surface area contributed by atoms with Crippen LogP contribution in [0.2, 0.25) is 0 Å². The minimum Gasteiger partial charge on any atom is -0.449 e. The first-order valence-electron chi connectivity index (χ1n) is 7.22. The Hall–Kier alpha value is -2.03. The van der Waals surface area contributed by atoms with Crippen molar-refractivity contribution in [2.75, 3.05) is 6.61 Å². The van der Waals surface area contributed by atoms with Gasteiger partial charge in [-0.2, -0.15) is 0 Å². The summed E-state index contributed by atoms with van der Waals surface area (Å²) in [6.07, 6.45) is 7.17. The Balaban J connectivity index is 2.39. The van der Waals surface area contributed by atoms with Crippen molar-refractivity contribution in [3.63, 3.8) is 0 Å². The van der Waals surface area contributed by atoms with Crippen molar-refractivity contribution in [1.29, 1.82) is 0 Å². The summed E-state index contributed by atoms with van der Waals surface area (Å²) in [6.45, 7) is 4.37. The third-order valence-electron chi connectivity index (χ3n) is 3.20. The van der Waals surface area contributed by atoms with Crippen LogP contribution in [0.5, 0.6) is 0 Å². The maximum absolute atomic E-state index is 12.1. The number of para-hydroxylation sites is 1. The number of rotatable bonds is 5. The van der Waals surface area contributed by atoms with E-state index in [1.54, 1.807) is 4.57 Å². The number of hydrogen-bond acceptors (Lipinski definition) is 2. The van der Waals surface area contributed by atoms with Crippen molar-refractivity contribution < 1.29 is 9.53 Å². The van der Waals surface area contributed by atoms with Gasteiger partial charge in [-0.1, -0.05) is 44.0 Å². The van der Waals surface area contributed by atoms with Crippen LogP contribution in [0.4, 0.5) is 4.79 Å². The molecule has 0 saturated carbocycles. The molecule has 0 bridgehead atoms. The number of carbonyl (C=O) groups is 1. The molecule has 1 aromatic heterocycles. The zero-order valence-corrected chi connectivity index (χ0v) is 12.1. The van der Waals surface area contributed by atoms with Gasteiger partial charge in [0, 0.05) is 5.39 Å². The quantitative estimate of drug-likeness (QED) is 0.728. The van der Waals surface area contributed by atoms with E-state index in [1.807, 2.05) is 43.3 Å². The molecular weight excluding hydrogens is 250 g/mol. The lowest BCUT2D eigenvalue weighted by atomic mass is 10.2. The Kier molecular flexibility index (Phi) is 4.99. The normalized spacial score (nSPS) is 11.3. The predicted octanol–water partition coefficient (Wildman–Crippen LogP) is 4.85. The van der Waals surface area contributed by atoms with E-state index < -0.39 is 0 Å². The van der Waals surface area contributed by atoms with E-state index in [1.165, 1.54) is 6.42 Å². The highest BCUT2D eigenvalue weighted by molar-refractivity contribution is 5.93. The van der Waals surface area contributed by atoms with Gasteiger partial charge in [-0.05, 0) is 31.6 Å². The number of unbranched alkanes of at least 4 members (excludes halogenated alkanes) is 2. The molecule has 0 aliphatic carbocycles. The SMILES string of the molecule is CCCC/C=C/c1cc2ccccc2n1C(=O)OCC. The fourth-order valence-corrected chi connectivity index (χ4v) is 2.22. The molecule has 0 atom stereocenters. The summed E-state index contributed by atoms with van der Waals surface area (Å²) in [5.41, 5.74) is 1.77. The van der Waals surface area contributed by atoms with E-state index in [4.69, 9.17) is 4.74 Å². The third kappa shape index (κ3) is 3.10. The summed E-state index contributed by atoms with van der Waals surface area (Å²) in [5, 5.41) is 1.05. The molecule has 0 aliphatic rings. The number of ether oxygens (including phenoxy) is 1. The first-order valence-corrected chi connectivity index (χ1v) is 7.22. The molecule has 2 rings (SSSR count). The molecule has 2 aromatic rings. The van der Waals surface area contributed by atoms with Crippen molar-refractivity contribution >= 4 is 23.1 Å². The average Bonchev–Trinajstić information content (AvgIpc) is 2.82. The number of hydrogen-bond donors (Lipinski definition) is 0. The van der Waals surface area contributed by atoms with Crippen molar-refractivity contribution in [3.8, 4) is 0 Å². The van der Waals surface area contributed by atoms with Gasteiger partial charge in [-0.3, -0.25) is 0 Å². The van der Waals surface area contributed by atoms with Crippen LogP contribution >= 0.6 is 0 Å². The number of benzene rings is 1. The van der Waals surface area contributed by atoms with Crippen LogP contribution in [-0.4, -0.2) is 17.3 Å². The van der Waals surface area contributed by atoms with Crippen LogP contribution in [0.3, 0.4) is 0 Å². The Morgan fingerprint density at radius 2 is 2.10 bits per heavy atom. The zero-order valence-electron chi connectivity index (χ0n) is 12.1. The molecule has 0 aliphatic heterocycles. The summed E-state index contributed by atoms with van der Waals surface area (Å²) >= 11 is 0. The van der Waals surface area contributed by atoms with E-state index >= 15 is 0 Å². The van der Waals surface area contributed by atoms with Crippen LogP contribution in [0.1, 0.15) is 38.8 Å². The third-order valence-corrected chi connectivity index (χ3v) is 3.20. The lowest BCUT2D eigenvalue weighted by molar-refractivity contribution is 0.155. The highest BCUT2D eigenvalue weighted by Crippen LogP contribution is 2.21. The first-order chi connectivity index (χ1) is 9.77. The van der Waals surface area contributed by atoms with Crippen LogP contribution in [-0.2, 0) is 4.74 Å². The number of aromatic nitrogens is 1. The van der Waals surface area contributed by atoms with Crippen LogP contribution in [0, 0.1) is 0 Å². The van der Waals surface area contributed by atoms with Gasteiger partial charge in [0.2, 0.25) is 0 Å². The molecule has 106 valence electrons. The second kappa shape index (κ2) is 6.94. The summed E-state index contributed by atoms with van der Waals surface area (Å²) in [5.74, 6) is 0. The zero-order chi connectivity index (χ0) is 14.4. The van der Waals surface area contributed by atoms with Crippen molar-refractivity contribution in [3.05, 3.63) is 42.1 Å². The molecule has 1 aromatic carbocycles. The van der Waals surface area contributed by atoms with E-state index in [-0.39, 0.29) is 6.09 Å². The van der Waals surface area contributed by atoms with E-state index in [0.29, 0.717) is 6.61 Å². The summed E-state index contributed by atoms with van der Waals surface area (Å²) < 4.78 is 6.79. The average molecular weight is 271 g/mol. The maximum Gasteiger partial charge on any atom is 0.418 e. The number of fused-ring (bicyclic) bond motifs is 1. The van der Waals surface area contributed by atoms with Gasteiger partial charge in [0.25, 0.3) is 0 Å². The molecule has 20 heavy (non-hydrogen) atoms. The minimum atomic E-state index is -0.316. The van der Waals surface area contributed by atoms with Crippen LogP contribution in [0.15, 0.2) is 36.4 Å². The molecule has 0 radical (unpaired) electrons. The molecule has 0 unspecified atom stereocenters. The Morgan fingerprint density at radius 3 is 2.85 bits per heavy atom. The Morgan fingerprint density at radius 1 is 1.30 bits per heavy atom. The van der Waals surface area contributed by atoms with Gasteiger partial charge in [0.1, 0.15) is 0 Å². The summed E-state index contributed by atoms with van der Waals surface area (Å²) in [6, 6.07) is 9.88. The van der Waals surface area contributed by atoms with Gasteiger partial charge < -0.3 is 4.74 Å². The Labute approximate surface area is 119 Å². The van der Waals surface area contributed by atoms with E-state index in [2.05, 4.69) is 13.0 Å². The van der Waals surface area contributed by atoms with Crippen LogP contribution < -0.4 is 0 Å². The standard InChI is InChI=1S/C17H21NO2/c1-3-5-6-7-11-15-13-14-10-8-9-12-16(14)18(15)17(19)20-4-2/h7-13H,3-6H2,1-2H3/b11-7+. The molecule has 1 heterocycles. The fraction of sp³-hybridized carbons (Fsp3) is 0.353. The Bertz CT molecular complexity index is 610. The molecular formula is C17H21NO2. The lowest BCUT2D eigenvalue weighted by Crippen LogP contribution is -2.14. The second-order valence-corrected chi connectivity index (χ2v) is 4.71. The van der Waals surface area contributed by atoms with E-state index in [9.17, 15) is 4.79 Å². The smallest absolute Gasteiger partial charge is 0.418 e. The number of nitrogens with zero attached hydrogens (tertiary/aromatic N) is 1. The topological polar surface area (TPSA) is 31.2 Å². The fourth-order valence-electron chi connectivity index (χ4n) is 2.22. The lowest BCUT2D eigenvalue weighted by Gasteiger charge is -2.06. The van der Waals surface area contributed by atoms with Gasteiger partial charge in [0.15, 0.2) is 0 Å². The predicted molar refractivity (Wildman–Crippen MR) is 82.9 cm³/mol. The molecule has 0 amide bonds. The monoisotopic (exact) mass is 271 g/mol. The molecule has 3 nitrogen and oxygen atoms in total. The van der Waals surface area contributed by atoms with Crippen molar-refractivity contribution in [2.45, 2.75) is 33.1 Å². The summed E-state index contributed by atoms with van der Waals surface area (Å²) in [4.78, 5) is 12.1. The van der Waals surface area contributed by atoms with Gasteiger partial charge in [-0.25, -0.2) is 9.36 Å². The highest BCUT2D eigenvalue weighted by atomic mass is 16.5. The van der Waals surface area contributed by atoms with E-state index in [0.717, 1.165) is 29.4 Å². The molecule has 0 N–H and O–H groups in total. The van der Waals surface area contributed by atoms with Crippen molar-refractivity contribution in [2.24, 2.45) is 0 Å². The maximum atomic E-state index is 12.1. The number of carbonyl (C=O) groups excluding carboxylic acids is 1. The van der Waals surface area contributed by atoms with Crippen LogP contribution in [0.25, 0.3) is 17.0 Å². The minimum absolute atomic E-state index is 0.316. The molecule has 3 heteroatoms. The second-order valence-electron chi connectivity index (χ2n) is 4.71. The van der Waals surface area contributed by atoms with Crippen molar-refractivity contribution in [1.82, 2.24) is 4.57 Å². The molecule has 0 fully saturated rings. The van der Waals surface area contributed by atoms with Gasteiger partial charge in [-0.15, -0.1) is 0 Å². The molecule has 0 spiro atoms. The van der Waals surface area contributed by atoms with Gasteiger partial charge >= 0.3 is 6.09 Å². The summed E-state index contributed by atoms with van der Waals surface area (Å²) in [7, 11) is 0. The van der Waals surface area contributed by atoms with Gasteiger partial charge in [0.05, 0.1) is 17.8 Å². The number of allylic oxidation sites excluding steroid dienone is 1.